The Balaban J connectivity index is 1.56. The van der Waals surface area contributed by atoms with Crippen LogP contribution in [0.5, 0.6) is 0 Å². The van der Waals surface area contributed by atoms with Crippen molar-refractivity contribution in [3.05, 3.63) is 163 Å². The first-order valence-electron chi connectivity index (χ1n) is 15.8. The maximum Gasteiger partial charge on any atom is 0.136 e. The highest BCUT2D eigenvalue weighted by atomic mass is 16.3. The summed E-state index contributed by atoms with van der Waals surface area (Å²) in [4.78, 5) is 0. The molecule has 0 bridgehead atoms. The van der Waals surface area contributed by atoms with Crippen molar-refractivity contribution in [2.24, 2.45) is 0 Å². The minimum Gasteiger partial charge on any atom is -0.456 e. The molecule has 7 rings (SSSR count). The van der Waals surface area contributed by atoms with Gasteiger partial charge in [-0.2, -0.15) is 0 Å². The molecule has 7 aromatic rings. The number of rotatable bonds is 9. The minimum absolute atomic E-state index is 0.870. The fourth-order valence-electron chi connectivity index (χ4n) is 6.69. The molecule has 0 aliphatic heterocycles. The average Bonchev–Trinajstić information content (AvgIpc) is 3.47. The van der Waals surface area contributed by atoms with Crippen molar-refractivity contribution in [2.45, 2.75) is 26.2 Å². The van der Waals surface area contributed by atoms with Gasteiger partial charge in [0, 0.05) is 10.8 Å². The summed E-state index contributed by atoms with van der Waals surface area (Å²) in [5, 5.41) is 7.32. The molecule has 1 nitrogen and oxygen atoms in total. The number of furan rings is 1. The average molecular weight is 581 g/mol. The van der Waals surface area contributed by atoms with Gasteiger partial charge in [0.15, 0.2) is 0 Å². The van der Waals surface area contributed by atoms with Gasteiger partial charge in [-0.05, 0) is 99.3 Å². The lowest BCUT2D eigenvalue weighted by molar-refractivity contribution is 0.669. The van der Waals surface area contributed by atoms with E-state index in [1.807, 2.05) is 19.1 Å². The SMILES string of the molecule is C=CCC/C=C/c1c(-c2c3ccccc3c(-c3ccccc3C/C=C\C=C/C)c3ccccc23)ccc2oc3ccccc3c12. The predicted molar refractivity (Wildman–Crippen MR) is 196 cm³/mol. The summed E-state index contributed by atoms with van der Waals surface area (Å²) in [5.41, 5.74) is 9.37. The van der Waals surface area contributed by atoms with Crippen LogP contribution in [0, 0.1) is 0 Å². The molecule has 0 saturated heterocycles. The molecule has 0 unspecified atom stereocenters. The highest BCUT2D eigenvalue weighted by molar-refractivity contribution is 6.23. The van der Waals surface area contributed by atoms with Gasteiger partial charge in [-0.1, -0.05) is 134 Å². The van der Waals surface area contributed by atoms with Crippen LogP contribution < -0.4 is 0 Å². The topological polar surface area (TPSA) is 13.1 Å². The zero-order chi connectivity index (χ0) is 30.6. The first-order valence-corrected chi connectivity index (χ1v) is 15.8. The molecule has 1 heterocycles. The number of hydrogen-bond acceptors (Lipinski definition) is 1. The number of para-hydroxylation sites is 1. The molecule has 0 fully saturated rings. The van der Waals surface area contributed by atoms with Crippen LogP contribution in [0.15, 0.2) is 157 Å². The van der Waals surface area contributed by atoms with Gasteiger partial charge in [-0.25, -0.2) is 0 Å². The molecular weight excluding hydrogens is 544 g/mol. The molecular formula is C44H36O. The van der Waals surface area contributed by atoms with Crippen molar-refractivity contribution < 1.29 is 4.42 Å². The van der Waals surface area contributed by atoms with Crippen LogP contribution in [0.3, 0.4) is 0 Å². The van der Waals surface area contributed by atoms with E-state index in [1.54, 1.807) is 0 Å². The Bertz CT molecular complexity index is 2210. The molecule has 45 heavy (non-hydrogen) atoms. The second-order valence-corrected chi connectivity index (χ2v) is 11.4. The van der Waals surface area contributed by atoms with E-state index in [0.717, 1.165) is 41.2 Å². The lowest BCUT2D eigenvalue weighted by Crippen LogP contribution is -1.95. The smallest absolute Gasteiger partial charge is 0.136 e. The van der Waals surface area contributed by atoms with E-state index in [1.165, 1.54) is 54.9 Å². The van der Waals surface area contributed by atoms with Crippen LogP contribution in [0.2, 0.25) is 0 Å². The highest BCUT2D eigenvalue weighted by Gasteiger charge is 2.21. The van der Waals surface area contributed by atoms with Crippen molar-refractivity contribution in [1.29, 1.82) is 0 Å². The Labute approximate surface area is 265 Å². The highest BCUT2D eigenvalue weighted by Crippen LogP contribution is 2.47. The van der Waals surface area contributed by atoms with Gasteiger partial charge >= 0.3 is 0 Å². The zero-order valence-electron chi connectivity index (χ0n) is 25.7. The van der Waals surface area contributed by atoms with Crippen LogP contribution in [0.25, 0.3) is 71.8 Å². The van der Waals surface area contributed by atoms with Crippen LogP contribution >= 0.6 is 0 Å². The minimum atomic E-state index is 0.870. The van der Waals surface area contributed by atoms with Crippen molar-refractivity contribution >= 4 is 49.6 Å². The van der Waals surface area contributed by atoms with E-state index in [9.17, 15) is 0 Å². The van der Waals surface area contributed by atoms with Gasteiger partial charge in [0.05, 0.1) is 0 Å². The number of fused-ring (bicyclic) bond motifs is 5. The van der Waals surface area contributed by atoms with E-state index in [2.05, 4.69) is 146 Å². The fourth-order valence-corrected chi connectivity index (χ4v) is 6.69. The van der Waals surface area contributed by atoms with Gasteiger partial charge in [0.25, 0.3) is 0 Å². The third kappa shape index (κ3) is 5.21. The molecule has 6 aromatic carbocycles. The Hall–Kier alpha value is -5.40. The molecule has 0 radical (unpaired) electrons. The summed E-state index contributed by atoms with van der Waals surface area (Å²) in [5.74, 6) is 0. The summed E-state index contributed by atoms with van der Waals surface area (Å²) in [6.45, 7) is 5.98. The summed E-state index contributed by atoms with van der Waals surface area (Å²) in [6, 6.07) is 39.5. The largest absolute Gasteiger partial charge is 0.456 e. The second-order valence-electron chi connectivity index (χ2n) is 11.4. The molecule has 0 aliphatic carbocycles. The Kier molecular flexibility index (Phi) is 8.00. The monoisotopic (exact) mass is 580 g/mol. The Morgan fingerprint density at radius 2 is 1.20 bits per heavy atom. The van der Waals surface area contributed by atoms with Gasteiger partial charge in [-0.3, -0.25) is 0 Å². The molecule has 0 saturated carbocycles. The third-order valence-electron chi connectivity index (χ3n) is 8.67. The molecule has 218 valence electrons. The standard InChI is InChI=1S/C44H36O/c1-3-5-7-9-19-31-20-11-12-21-32(31)42-33-23-13-15-25-35(33)43(36-26-16-14-24-34(36)42)38-29-30-41-44(37(38)22-10-8-6-4-2)39-27-17-18-28-40(39)45-41/h3-5,7,9-18,20-30H,2,6,8,19H2,1H3/b5-3-,9-7-,22-10+. The van der Waals surface area contributed by atoms with Crippen molar-refractivity contribution in [3.8, 4) is 22.3 Å². The van der Waals surface area contributed by atoms with Gasteiger partial charge < -0.3 is 4.42 Å². The first kappa shape index (κ1) is 28.4. The zero-order valence-corrected chi connectivity index (χ0v) is 25.7. The molecule has 0 N–H and O–H groups in total. The van der Waals surface area contributed by atoms with Crippen molar-refractivity contribution in [1.82, 2.24) is 0 Å². The van der Waals surface area contributed by atoms with E-state index in [-0.39, 0.29) is 0 Å². The maximum absolute atomic E-state index is 6.36. The quantitative estimate of drug-likeness (QED) is 0.0716. The van der Waals surface area contributed by atoms with E-state index in [4.69, 9.17) is 4.42 Å². The van der Waals surface area contributed by atoms with Gasteiger partial charge in [0.2, 0.25) is 0 Å². The van der Waals surface area contributed by atoms with E-state index in [0.29, 0.717) is 0 Å². The van der Waals surface area contributed by atoms with Gasteiger partial charge in [-0.15, -0.1) is 6.58 Å². The molecule has 0 amide bonds. The van der Waals surface area contributed by atoms with Crippen LogP contribution in [-0.4, -0.2) is 0 Å². The second kappa shape index (κ2) is 12.7. The summed E-state index contributed by atoms with van der Waals surface area (Å²) >= 11 is 0. The normalized spacial score (nSPS) is 12.2. The number of benzene rings is 6. The molecule has 1 heteroatoms. The van der Waals surface area contributed by atoms with Crippen molar-refractivity contribution in [2.75, 3.05) is 0 Å². The summed E-state index contributed by atoms with van der Waals surface area (Å²) in [7, 11) is 0. The summed E-state index contributed by atoms with van der Waals surface area (Å²) in [6.07, 6.45) is 17.8. The Morgan fingerprint density at radius 3 is 1.89 bits per heavy atom. The van der Waals surface area contributed by atoms with Crippen LogP contribution in [0.1, 0.15) is 30.9 Å². The molecule has 0 aliphatic rings. The molecule has 1 aromatic heterocycles. The lowest BCUT2D eigenvalue weighted by atomic mass is 9.83. The third-order valence-corrected chi connectivity index (χ3v) is 8.67. The van der Waals surface area contributed by atoms with Crippen LogP contribution in [-0.2, 0) is 6.42 Å². The molecule has 0 spiro atoms. The lowest BCUT2D eigenvalue weighted by Gasteiger charge is -2.20. The Morgan fingerprint density at radius 1 is 0.578 bits per heavy atom. The van der Waals surface area contributed by atoms with E-state index >= 15 is 0 Å². The fraction of sp³-hybridized carbons (Fsp3) is 0.0909. The van der Waals surface area contributed by atoms with Crippen LogP contribution in [0.4, 0.5) is 0 Å². The molecule has 0 atom stereocenters. The number of hydrogen-bond donors (Lipinski definition) is 0. The van der Waals surface area contributed by atoms with Crippen molar-refractivity contribution in [3.63, 3.8) is 0 Å². The predicted octanol–water partition coefficient (Wildman–Crippen LogP) is 12.9. The summed E-state index contributed by atoms with van der Waals surface area (Å²) < 4.78 is 6.36. The number of unbranched alkanes of at least 4 members (excludes halogenated alkanes) is 1. The maximum atomic E-state index is 6.36. The number of allylic oxidation sites excluding steroid dienone is 6. The first-order chi connectivity index (χ1) is 22.3. The van der Waals surface area contributed by atoms with E-state index < -0.39 is 0 Å². The van der Waals surface area contributed by atoms with Gasteiger partial charge in [0.1, 0.15) is 11.2 Å².